The second kappa shape index (κ2) is 7.11. The van der Waals surface area contributed by atoms with Gasteiger partial charge in [-0.25, -0.2) is 0 Å². The lowest BCUT2D eigenvalue weighted by atomic mass is 10.1. The van der Waals surface area contributed by atoms with Crippen molar-refractivity contribution in [3.05, 3.63) is 29.8 Å². The van der Waals surface area contributed by atoms with E-state index in [4.69, 9.17) is 9.47 Å². The average molecular weight is 304 g/mol. The third-order valence-corrected chi connectivity index (χ3v) is 4.37. The number of hydrogen-bond donors (Lipinski definition) is 1. The number of benzene rings is 1. The Morgan fingerprint density at radius 3 is 2.59 bits per heavy atom. The minimum absolute atomic E-state index is 0.140. The van der Waals surface area contributed by atoms with Crippen LogP contribution in [0.25, 0.3) is 0 Å². The molecule has 1 aromatic rings. The number of likely N-dealkylation sites (tertiary alicyclic amines) is 1. The molecule has 5 nitrogen and oxygen atoms in total. The zero-order chi connectivity index (χ0) is 15.4. The van der Waals surface area contributed by atoms with Crippen LogP contribution < -0.4 is 10.1 Å². The lowest BCUT2D eigenvalue weighted by Gasteiger charge is -2.31. The van der Waals surface area contributed by atoms with Gasteiger partial charge in [0.1, 0.15) is 11.9 Å². The van der Waals surface area contributed by atoms with E-state index in [2.05, 4.69) is 17.4 Å². The van der Waals surface area contributed by atoms with Gasteiger partial charge in [-0.3, -0.25) is 4.79 Å². The fraction of sp³-hybridized carbons (Fsp3) is 0.588. The molecule has 22 heavy (non-hydrogen) atoms. The molecule has 2 heterocycles. The molecule has 1 aromatic carbocycles. The van der Waals surface area contributed by atoms with E-state index < -0.39 is 0 Å². The van der Waals surface area contributed by atoms with E-state index in [1.54, 1.807) is 6.92 Å². The van der Waals surface area contributed by atoms with Gasteiger partial charge in [0.15, 0.2) is 0 Å². The van der Waals surface area contributed by atoms with E-state index in [-0.39, 0.29) is 18.1 Å². The fourth-order valence-electron chi connectivity index (χ4n) is 3.02. The molecule has 2 fully saturated rings. The third-order valence-electron chi connectivity index (χ3n) is 4.37. The van der Waals surface area contributed by atoms with Gasteiger partial charge in [-0.2, -0.15) is 0 Å². The molecule has 0 aliphatic carbocycles. The van der Waals surface area contributed by atoms with E-state index in [0.29, 0.717) is 0 Å². The van der Waals surface area contributed by atoms with Gasteiger partial charge in [0.2, 0.25) is 5.91 Å². The van der Waals surface area contributed by atoms with Crippen LogP contribution in [0.2, 0.25) is 0 Å². The van der Waals surface area contributed by atoms with Crippen molar-refractivity contribution in [2.24, 2.45) is 0 Å². The number of amides is 1. The van der Waals surface area contributed by atoms with Crippen molar-refractivity contribution in [3.8, 4) is 5.75 Å². The molecule has 0 spiro atoms. The number of carbonyl (C=O) groups is 1. The van der Waals surface area contributed by atoms with Crippen LogP contribution in [0, 0.1) is 0 Å². The predicted octanol–water partition coefficient (Wildman–Crippen LogP) is 1.74. The van der Waals surface area contributed by atoms with Gasteiger partial charge >= 0.3 is 0 Å². The highest BCUT2D eigenvalue weighted by Gasteiger charge is 2.22. The predicted molar refractivity (Wildman–Crippen MR) is 83.9 cm³/mol. The van der Waals surface area contributed by atoms with Crippen LogP contribution >= 0.6 is 0 Å². The Labute approximate surface area is 131 Å². The number of piperidine rings is 1. The molecule has 120 valence electrons. The van der Waals surface area contributed by atoms with Gasteiger partial charge in [-0.15, -0.1) is 0 Å². The maximum Gasteiger partial charge on any atom is 0.219 e. The Kier molecular flexibility index (Phi) is 4.95. The summed E-state index contributed by atoms with van der Waals surface area (Å²) in [6.45, 7) is 5.76. The highest BCUT2D eigenvalue weighted by atomic mass is 16.5. The molecule has 0 bridgehead atoms. The maximum atomic E-state index is 11.3. The summed E-state index contributed by atoms with van der Waals surface area (Å²) in [5.74, 6) is 1.05. The molecular formula is C17H24N2O3. The molecular weight excluding hydrogens is 280 g/mol. The van der Waals surface area contributed by atoms with E-state index in [1.807, 2.05) is 17.0 Å². The lowest BCUT2D eigenvalue weighted by molar-refractivity contribution is -0.130. The van der Waals surface area contributed by atoms with Crippen molar-refractivity contribution in [2.75, 3.05) is 32.8 Å². The van der Waals surface area contributed by atoms with Crippen molar-refractivity contribution in [2.45, 2.75) is 32.0 Å². The van der Waals surface area contributed by atoms with Crippen molar-refractivity contribution in [3.63, 3.8) is 0 Å². The van der Waals surface area contributed by atoms with Gasteiger partial charge in [-0.05, 0) is 17.7 Å². The van der Waals surface area contributed by atoms with Crippen molar-refractivity contribution < 1.29 is 14.3 Å². The van der Waals surface area contributed by atoms with Gasteiger partial charge in [0, 0.05) is 45.9 Å². The van der Waals surface area contributed by atoms with E-state index in [0.717, 1.165) is 51.4 Å². The van der Waals surface area contributed by atoms with Crippen LogP contribution in [-0.4, -0.2) is 49.7 Å². The van der Waals surface area contributed by atoms with Gasteiger partial charge < -0.3 is 19.7 Å². The number of carbonyl (C=O) groups excluding carboxylic acids is 1. The van der Waals surface area contributed by atoms with Gasteiger partial charge in [0.25, 0.3) is 0 Å². The fourth-order valence-corrected chi connectivity index (χ4v) is 3.02. The topological polar surface area (TPSA) is 50.8 Å². The first-order valence-corrected chi connectivity index (χ1v) is 8.07. The Bertz CT molecular complexity index is 489. The molecule has 0 saturated carbocycles. The summed E-state index contributed by atoms with van der Waals surface area (Å²) in [5.41, 5.74) is 1.19. The zero-order valence-corrected chi connectivity index (χ0v) is 13.1. The molecule has 1 N–H and O–H groups in total. The number of rotatable bonds is 3. The number of nitrogens with one attached hydrogen (secondary N) is 1. The van der Waals surface area contributed by atoms with Crippen LogP contribution in [0.1, 0.15) is 31.4 Å². The number of ether oxygens (including phenoxy) is 2. The largest absolute Gasteiger partial charge is 0.490 e. The Hall–Kier alpha value is -1.59. The number of morpholine rings is 1. The normalized spacial score (nSPS) is 23.3. The number of nitrogens with zero attached hydrogens (tertiary/aromatic N) is 1. The van der Waals surface area contributed by atoms with Gasteiger partial charge in [0.05, 0.1) is 12.7 Å². The number of hydrogen-bond acceptors (Lipinski definition) is 4. The molecule has 2 aliphatic heterocycles. The third kappa shape index (κ3) is 3.78. The van der Waals surface area contributed by atoms with E-state index >= 15 is 0 Å². The molecule has 1 atom stereocenters. The molecule has 0 radical (unpaired) electrons. The SMILES string of the molecule is CC(=O)N1CCC(Oc2ccc(C3CNCCO3)cc2)CC1. The maximum absolute atomic E-state index is 11.3. The summed E-state index contributed by atoms with van der Waals surface area (Å²) in [4.78, 5) is 13.2. The van der Waals surface area contributed by atoms with Crippen LogP contribution in [0.3, 0.4) is 0 Å². The zero-order valence-electron chi connectivity index (χ0n) is 13.1. The lowest BCUT2D eigenvalue weighted by Crippen LogP contribution is -2.40. The quantitative estimate of drug-likeness (QED) is 0.924. The first kappa shape index (κ1) is 15.3. The van der Waals surface area contributed by atoms with Crippen LogP contribution in [0.15, 0.2) is 24.3 Å². The Morgan fingerprint density at radius 2 is 2.00 bits per heavy atom. The van der Waals surface area contributed by atoms with Crippen molar-refractivity contribution >= 4 is 5.91 Å². The minimum atomic E-state index is 0.140. The average Bonchev–Trinajstić information content (AvgIpc) is 2.57. The van der Waals surface area contributed by atoms with Crippen LogP contribution in [-0.2, 0) is 9.53 Å². The van der Waals surface area contributed by atoms with Crippen LogP contribution in [0.4, 0.5) is 0 Å². The summed E-state index contributed by atoms with van der Waals surface area (Å²) >= 11 is 0. The first-order chi connectivity index (χ1) is 10.7. The Balaban J connectivity index is 1.52. The second-order valence-electron chi connectivity index (χ2n) is 5.96. The van der Waals surface area contributed by atoms with Crippen molar-refractivity contribution in [1.82, 2.24) is 10.2 Å². The standard InChI is InChI=1S/C17H24N2O3/c1-13(20)19-9-6-16(7-10-19)22-15-4-2-14(3-5-15)17-12-18-8-11-21-17/h2-5,16-18H,6-12H2,1H3. The molecule has 0 aromatic heterocycles. The molecule has 1 amide bonds. The molecule has 2 saturated heterocycles. The second-order valence-corrected chi connectivity index (χ2v) is 5.96. The minimum Gasteiger partial charge on any atom is -0.490 e. The molecule has 3 rings (SSSR count). The summed E-state index contributed by atoms with van der Waals surface area (Å²) in [7, 11) is 0. The summed E-state index contributed by atoms with van der Waals surface area (Å²) < 4.78 is 11.8. The highest BCUT2D eigenvalue weighted by Crippen LogP contribution is 2.24. The Morgan fingerprint density at radius 1 is 1.27 bits per heavy atom. The molecule has 1 unspecified atom stereocenters. The highest BCUT2D eigenvalue weighted by molar-refractivity contribution is 5.73. The summed E-state index contributed by atoms with van der Waals surface area (Å²) in [6.07, 6.45) is 2.14. The van der Waals surface area contributed by atoms with Crippen molar-refractivity contribution in [1.29, 1.82) is 0 Å². The molecule has 2 aliphatic rings. The van der Waals surface area contributed by atoms with Gasteiger partial charge in [-0.1, -0.05) is 12.1 Å². The monoisotopic (exact) mass is 304 g/mol. The summed E-state index contributed by atoms with van der Waals surface area (Å²) in [5, 5.41) is 3.34. The first-order valence-electron chi connectivity index (χ1n) is 8.07. The van der Waals surface area contributed by atoms with E-state index in [9.17, 15) is 4.79 Å². The van der Waals surface area contributed by atoms with Crippen LogP contribution in [0.5, 0.6) is 5.75 Å². The van der Waals surface area contributed by atoms with E-state index in [1.165, 1.54) is 5.56 Å². The molecule has 5 heteroatoms. The summed E-state index contributed by atoms with van der Waals surface area (Å²) in [6, 6.07) is 8.20. The smallest absolute Gasteiger partial charge is 0.219 e.